The molecule has 1 aliphatic rings. The first-order chi connectivity index (χ1) is 8.66. The summed E-state index contributed by atoms with van der Waals surface area (Å²) in [6, 6.07) is 2.10. The fourth-order valence-electron chi connectivity index (χ4n) is 1.99. The third-order valence-electron chi connectivity index (χ3n) is 3.06. The maximum Gasteiger partial charge on any atom is 0.276 e. The number of aryl methyl sites for hydroxylation is 2. The van der Waals surface area contributed by atoms with Gasteiger partial charge in [0.1, 0.15) is 11.5 Å². The van der Waals surface area contributed by atoms with Crippen molar-refractivity contribution in [2.24, 2.45) is 7.05 Å². The Bertz CT molecular complexity index is 594. The second-order valence-electron chi connectivity index (χ2n) is 4.47. The molecule has 1 fully saturated rings. The van der Waals surface area contributed by atoms with Crippen molar-refractivity contribution in [3.63, 3.8) is 0 Å². The Morgan fingerprint density at radius 2 is 2.22 bits per heavy atom. The maximum absolute atomic E-state index is 12.0. The van der Waals surface area contributed by atoms with E-state index in [9.17, 15) is 4.79 Å². The van der Waals surface area contributed by atoms with Crippen molar-refractivity contribution in [1.29, 1.82) is 0 Å². The first-order valence-electron chi connectivity index (χ1n) is 5.87. The largest absolute Gasteiger partial charge is 0.294 e. The van der Waals surface area contributed by atoms with Gasteiger partial charge in [0.15, 0.2) is 0 Å². The van der Waals surface area contributed by atoms with E-state index in [1.165, 1.54) is 4.68 Å². The van der Waals surface area contributed by atoms with Gasteiger partial charge in [-0.2, -0.15) is 5.10 Å². The van der Waals surface area contributed by atoms with Gasteiger partial charge in [-0.3, -0.25) is 19.4 Å². The molecule has 94 valence electrons. The van der Waals surface area contributed by atoms with Crippen molar-refractivity contribution >= 4 is 11.9 Å². The average Bonchev–Trinajstić information content (AvgIpc) is 2.97. The van der Waals surface area contributed by atoms with Crippen LogP contribution < -0.4 is 5.32 Å². The minimum absolute atomic E-state index is 0.218. The van der Waals surface area contributed by atoms with Gasteiger partial charge in [0.2, 0.25) is 5.95 Å². The molecule has 0 atom stereocenters. The van der Waals surface area contributed by atoms with Gasteiger partial charge in [0.25, 0.3) is 5.91 Å². The number of nitrogens with one attached hydrogen (secondary N) is 1. The molecule has 0 spiro atoms. The molecule has 1 saturated carbocycles. The van der Waals surface area contributed by atoms with Crippen LogP contribution in [0.1, 0.15) is 35.2 Å². The van der Waals surface area contributed by atoms with E-state index in [1.54, 1.807) is 19.3 Å². The molecule has 0 aliphatic heterocycles. The summed E-state index contributed by atoms with van der Waals surface area (Å²) in [6.45, 7) is 1.89. The van der Waals surface area contributed by atoms with Crippen LogP contribution in [0.5, 0.6) is 0 Å². The SMILES string of the molecule is Cc1nnc(NC(=O)c2ccnn2C)n1C1CC1. The lowest BCUT2D eigenvalue weighted by Crippen LogP contribution is -2.19. The van der Waals surface area contributed by atoms with Crippen LogP contribution in [-0.4, -0.2) is 30.5 Å². The molecular formula is C11H14N6O. The van der Waals surface area contributed by atoms with E-state index in [4.69, 9.17) is 0 Å². The fourth-order valence-corrected chi connectivity index (χ4v) is 1.99. The average molecular weight is 246 g/mol. The second-order valence-corrected chi connectivity index (χ2v) is 4.47. The molecule has 7 nitrogen and oxygen atoms in total. The van der Waals surface area contributed by atoms with Crippen LogP contribution in [0, 0.1) is 6.92 Å². The number of hydrogen-bond acceptors (Lipinski definition) is 4. The quantitative estimate of drug-likeness (QED) is 0.873. The monoisotopic (exact) mass is 246 g/mol. The first-order valence-corrected chi connectivity index (χ1v) is 5.87. The Morgan fingerprint density at radius 3 is 2.83 bits per heavy atom. The summed E-state index contributed by atoms with van der Waals surface area (Å²) in [6.07, 6.45) is 3.83. The molecule has 7 heteroatoms. The van der Waals surface area contributed by atoms with Crippen LogP contribution in [0.15, 0.2) is 12.3 Å². The number of carbonyl (C=O) groups excluding carboxylic acids is 1. The number of rotatable bonds is 3. The van der Waals surface area contributed by atoms with Gasteiger partial charge < -0.3 is 0 Å². The van der Waals surface area contributed by atoms with Crippen LogP contribution >= 0.6 is 0 Å². The molecule has 0 aromatic carbocycles. The normalized spacial score (nSPS) is 14.8. The first kappa shape index (κ1) is 10.9. The van der Waals surface area contributed by atoms with Crippen LogP contribution in [0.2, 0.25) is 0 Å². The van der Waals surface area contributed by atoms with Crippen LogP contribution in [0.3, 0.4) is 0 Å². The summed E-state index contributed by atoms with van der Waals surface area (Å²) >= 11 is 0. The highest BCUT2D eigenvalue weighted by Crippen LogP contribution is 2.37. The van der Waals surface area contributed by atoms with E-state index < -0.39 is 0 Å². The maximum atomic E-state index is 12.0. The lowest BCUT2D eigenvalue weighted by Gasteiger charge is -2.07. The highest BCUT2D eigenvalue weighted by atomic mass is 16.2. The zero-order valence-electron chi connectivity index (χ0n) is 10.3. The summed E-state index contributed by atoms with van der Waals surface area (Å²) in [7, 11) is 1.73. The van der Waals surface area contributed by atoms with E-state index in [0.717, 1.165) is 18.7 Å². The van der Waals surface area contributed by atoms with Crippen molar-refractivity contribution in [1.82, 2.24) is 24.5 Å². The standard InChI is InChI=1S/C11H14N6O/c1-7-14-15-11(17(7)8-3-4-8)13-10(18)9-5-6-12-16(9)2/h5-6,8H,3-4H2,1-2H3,(H,13,15,18). The van der Waals surface area contributed by atoms with E-state index in [1.807, 2.05) is 11.5 Å². The third kappa shape index (κ3) is 1.77. The second kappa shape index (κ2) is 3.94. The van der Waals surface area contributed by atoms with Gasteiger partial charge in [-0.25, -0.2) is 0 Å². The van der Waals surface area contributed by atoms with Gasteiger partial charge in [0.05, 0.1) is 0 Å². The molecule has 0 radical (unpaired) electrons. The summed E-state index contributed by atoms with van der Waals surface area (Å²) in [5.41, 5.74) is 0.498. The number of amides is 1. The van der Waals surface area contributed by atoms with Gasteiger partial charge in [-0.1, -0.05) is 0 Å². The van der Waals surface area contributed by atoms with E-state index in [0.29, 0.717) is 17.7 Å². The molecule has 2 heterocycles. The third-order valence-corrected chi connectivity index (χ3v) is 3.06. The van der Waals surface area contributed by atoms with Crippen molar-refractivity contribution < 1.29 is 4.79 Å². The Hall–Kier alpha value is -2.18. The highest BCUT2D eigenvalue weighted by Gasteiger charge is 2.29. The smallest absolute Gasteiger partial charge is 0.276 e. The molecule has 3 rings (SSSR count). The van der Waals surface area contributed by atoms with Gasteiger partial charge in [-0.15, -0.1) is 10.2 Å². The van der Waals surface area contributed by atoms with E-state index >= 15 is 0 Å². The van der Waals surface area contributed by atoms with Gasteiger partial charge >= 0.3 is 0 Å². The molecular weight excluding hydrogens is 232 g/mol. The molecule has 1 aliphatic carbocycles. The van der Waals surface area contributed by atoms with Crippen molar-refractivity contribution in [2.75, 3.05) is 5.32 Å². The highest BCUT2D eigenvalue weighted by molar-refractivity contribution is 6.02. The van der Waals surface area contributed by atoms with Crippen molar-refractivity contribution in [3.8, 4) is 0 Å². The van der Waals surface area contributed by atoms with Crippen LogP contribution in [-0.2, 0) is 7.05 Å². The number of anilines is 1. The zero-order chi connectivity index (χ0) is 12.7. The summed E-state index contributed by atoms with van der Waals surface area (Å²) in [4.78, 5) is 12.0. The number of carbonyl (C=O) groups is 1. The molecule has 0 unspecified atom stereocenters. The zero-order valence-corrected chi connectivity index (χ0v) is 10.3. The summed E-state index contributed by atoms with van der Waals surface area (Å²) < 4.78 is 3.51. The summed E-state index contributed by atoms with van der Waals surface area (Å²) in [5.74, 6) is 1.13. The van der Waals surface area contributed by atoms with Crippen LogP contribution in [0.25, 0.3) is 0 Å². The predicted molar refractivity (Wildman–Crippen MR) is 64.2 cm³/mol. The molecule has 18 heavy (non-hydrogen) atoms. The van der Waals surface area contributed by atoms with Crippen molar-refractivity contribution in [3.05, 3.63) is 23.8 Å². The van der Waals surface area contributed by atoms with E-state index in [2.05, 4.69) is 20.6 Å². The minimum atomic E-state index is -0.218. The van der Waals surface area contributed by atoms with Crippen LogP contribution in [0.4, 0.5) is 5.95 Å². The Morgan fingerprint density at radius 1 is 1.44 bits per heavy atom. The summed E-state index contributed by atoms with van der Waals surface area (Å²) in [5, 5.41) is 14.8. The molecule has 2 aromatic rings. The minimum Gasteiger partial charge on any atom is -0.294 e. The van der Waals surface area contributed by atoms with E-state index in [-0.39, 0.29) is 5.91 Å². The molecule has 1 amide bonds. The number of hydrogen-bond donors (Lipinski definition) is 1. The Labute approximate surface area is 104 Å². The fraction of sp³-hybridized carbons (Fsp3) is 0.455. The molecule has 0 bridgehead atoms. The Kier molecular flexibility index (Phi) is 2.39. The number of aromatic nitrogens is 5. The molecule has 2 aromatic heterocycles. The van der Waals surface area contributed by atoms with Crippen molar-refractivity contribution in [2.45, 2.75) is 25.8 Å². The lowest BCUT2D eigenvalue weighted by atomic mass is 10.4. The van der Waals surface area contributed by atoms with Gasteiger partial charge in [0, 0.05) is 19.3 Å². The van der Waals surface area contributed by atoms with Gasteiger partial charge in [-0.05, 0) is 25.8 Å². The molecule has 0 saturated heterocycles. The topological polar surface area (TPSA) is 77.6 Å². The lowest BCUT2D eigenvalue weighted by molar-refractivity contribution is 0.101. The number of nitrogens with zero attached hydrogens (tertiary/aromatic N) is 5. The predicted octanol–water partition coefficient (Wildman–Crippen LogP) is 0.907. The molecule has 1 N–H and O–H groups in total. The Balaban J connectivity index is 1.85.